The second-order valence-corrected chi connectivity index (χ2v) is 4.68. The van der Waals surface area contributed by atoms with Crippen molar-refractivity contribution >= 4 is 0 Å². The lowest BCUT2D eigenvalue weighted by Crippen LogP contribution is -2.45. The van der Waals surface area contributed by atoms with Gasteiger partial charge in [0.25, 0.3) is 0 Å². The summed E-state index contributed by atoms with van der Waals surface area (Å²) in [5.74, 6) is 1.09. The van der Waals surface area contributed by atoms with Gasteiger partial charge in [-0.25, -0.2) is 4.98 Å². The highest BCUT2D eigenvalue weighted by Gasteiger charge is 2.23. The van der Waals surface area contributed by atoms with Crippen LogP contribution in [0.1, 0.15) is 39.9 Å². The molecule has 1 aromatic heterocycles. The molecule has 116 valence electrons. The predicted molar refractivity (Wildman–Crippen MR) is 80.7 cm³/mol. The molecule has 0 bridgehead atoms. The van der Waals surface area contributed by atoms with Crippen LogP contribution in [0, 0.1) is 0 Å². The maximum atomic E-state index is 5.72. The van der Waals surface area contributed by atoms with Crippen molar-refractivity contribution in [3.8, 4) is 0 Å². The van der Waals surface area contributed by atoms with E-state index in [-0.39, 0.29) is 12.3 Å². The van der Waals surface area contributed by atoms with Gasteiger partial charge in [0.05, 0.1) is 6.04 Å². The van der Waals surface area contributed by atoms with Crippen LogP contribution in [0.3, 0.4) is 0 Å². The maximum absolute atomic E-state index is 5.72. The van der Waals surface area contributed by atoms with E-state index in [1.54, 1.807) is 0 Å². The second kappa shape index (κ2) is 9.91. The van der Waals surface area contributed by atoms with Crippen molar-refractivity contribution in [2.75, 3.05) is 19.8 Å². The SMILES string of the molecule is CCCn1ccnc1CC(NCC)C(OCC)OCC. The molecule has 1 N–H and O–H groups in total. The molecular weight excluding hydrogens is 254 g/mol. The van der Waals surface area contributed by atoms with Crippen molar-refractivity contribution in [3.63, 3.8) is 0 Å². The Balaban J connectivity index is 2.75. The summed E-state index contributed by atoms with van der Waals surface area (Å²) in [6.07, 6.45) is 5.60. The smallest absolute Gasteiger partial charge is 0.173 e. The van der Waals surface area contributed by atoms with Crippen molar-refractivity contribution in [3.05, 3.63) is 18.2 Å². The number of ether oxygens (including phenoxy) is 2. The summed E-state index contributed by atoms with van der Waals surface area (Å²) >= 11 is 0. The largest absolute Gasteiger partial charge is 0.351 e. The number of hydrogen-bond donors (Lipinski definition) is 1. The van der Waals surface area contributed by atoms with Gasteiger partial charge in [-0.15, -0.1) is 0 Å². The molecule has 5 nitrogen and oxygen atoms in total. The Bertz CT molecular complexity index is 349. The van der Waals surface area contributed by atoms with Crippen molar-refractivity contribution in [1.29, 1.82) is 0 Å². The van der Waals surface area contributed by atoms with E-state index in [0.29, 0.717) is 13.2 Å². The highest BCUT2D eigenvalue weighted by atomic mass is 16.7. The molecule has 0 fully saturated rings. The fraction of sp³-hybridized carbons (Fsp3) is 0.800. The Hall–Kier alpha value is -0.910. The fourth-order valence-corrected chi connectivity index (χ4v) is 2.31. The second-order valence-electron chi connectivity index (χ2n) is 4.68. The number of hydrogen-bond acceptors (Lipinski definition) is 4. The zero-order valence-corrected chi connectivity index (χ0v) is 13.3. The quantitative estimate of drug-likeness (QED) is 0.633. The topological polar surface area (TPSA) is 48.3 Å². The van der Waals surface area contributed by atoms with E-state index in [9.17, 15) is 0 Å². The first-order valence-corrected chi connectivity index (χ1v) is 7.73. The van der Waals surface area contributed by atoms with Gasteiger partial charge < -0.3 is 19.4 Å². The Morgan fingerprint density at radius 3 is 2.45 bits per heavy atom. The van der Waals surface area contributed by atoms with Gasteiger partial charge in [-0.3, -0.25) is 0 Å². The van der Waals surface area contributed by atoms with Crippen LogP contribution in [0.15, 0.2) is 12.4 Å². The van der Waals surface area contributed by atoms with Gasteiger partial charge in [0.1, 0.15) is 5.82 Å². The van der Waals surface area contributed by atoms with Crippen LogP contribution in [0.25, 0.3) is 0 Å². The molecule has 1 heterocycles. The number of rotatable bonds is 11. The molecule has 0 aromatic carbocycles. The van der Waals surface area contributed by atoms with Crippen LogP contribution in [0.4, 0.5) is 0 Å². The van der Waals surface area contributed by atoms with Crippen molar-refractivity contribution in [2.24, 2.45) is 0 Å². The summed E-state index contributed by atoms with van der Waals surface area (Å²) in [5, 5.41) is 3.46. The monoisotopic (exact) mass is 283 g/mol. The predicted octanol–water partition coefficient (Wildman–Crippen LogP) is 2.21. The Kier molecular flexibility index (Phi) is 8.49. The Labute approximate surface area is 122 Å². The van der Waals surface area contributed by atoms with Crippen LogP contribution in [-0.2, 0) is 22.4 Å². The van der Waals surface area contributed by atoms with Gasteiger partial charge in [0.2, 0.25) is 0 Å². The van der Waals surface area contributed by atoms with Gasteiger partial charge in [0, 0.05) is 38.6 Å². The summed E-state index contributed by atoms with van der Waals surface area (Å²) in [5.41, 5.74) is 0. The van der Waals surface area contributed by atoms with E-state index < -0.39 is 0 Å². The van der Waals surface area contributed by atoms with Gasteiger partial charge in [-0.05, 0) is 26.8 Å². The van der Waals surface area contributed by atoms with Crippen LogP contribution in [-0.4, -0.2) is 41.6 Å². The Morgan fingerprint density at radius 2 is 1.90 bits per heavy atom. The van der Waals surface area contributed by atoms with Gasteiger partial charge in [0.15, 0.2) is 6.29 Å². The fourth-order valence-electron chi connectivity index (χ4n) is 2.31. The lowest BCUT2D eigenvalue weighted by Gasteiger charge is -2.27. The molecule has 1 atom stereocenters. The third-order valence-corrected chi connectivity index (χ3v) is 3.13. The maximum Gasteiger partial charge on any atom is 0.173 e. The normalized spacial score (nSPS) is 13.1. The molecule has 0 aliphatic rings. The number of aryl methyl sites for hydroxylation is 1. The highest BCUT2D eigenvalue weighted by molar-refractivity contribution is 4.96. The van der Waals surface area contributed by atoms with E-state index in [0.717, 1.165) is 31.8 Å². The molecule has 0 aliphatic heterocycles. The number of nitrogens with one attached hydrogen (secondary N) is 1. The summed E-state index contributed by atoms with van der Waals surface area (Å²) in [6.45, 7) is 11.4. The number of aromatic nitrogens is 2. The molecular formula is C15H29N3O2. The van der Waals surface area contributed by atoms with E-state index in [1.807, 2.05) is 26.2 Å². The zero-order chi connectivity index (χ0) is 14.8. The number of nitrogens with zero attached hydrogens (tertiary/aromatic N) is 2. The molecule has 0 saturated carbocycles. The molecule has 0 saturated heterocycles. The summed E-state index contributed by atoms with van der Waals surface area (Å²) in [6, 6.07) is 0.123. The standard InChI is InChI=1S/C15H29N3O2/c1-5-10-18-11-9-17-14(18)12-13(16-6-2)15(19-7-3)20-8-4/h9,11,13,15-16H,5-8,10,12H2,1-4H3. The number of likely N-dealkylation sites (N-methyl/N-ethyl adjacent to an activating group) is 1. The molecule has 20 heavy (non-hydrogen) atoms. The minimum atomic E-state index is -0.225. The number of imidazole rings is 1. The van der Waals surface area contributed by atoms with Crippen molar-refractivity contribution in [2.45, 2.75) is 59.4 Å². The molecule has 0 spiro atoms. The molecule has 5 heteroatoms. The van der Waals surface area contributed by atoms with Crippen LogP contribution < -0.4 is 5.32 Å². The molecule has 1 unspecified atom stereocenters. The first-order chi connectivity index (χ1) is 9.76. The average Bonchev–Trinajstić information content (AvgIpc) is 2.86. The van der Waals surface area contributed by atoms with E-state index >= 15 is 0 Å². The summed E-state index contributed by atoms with van der Waals surface area (Å²) < 4.78 is 13.7. The van der Waals surface area contributed by atoms with Crippen molar-refractivity contribution in [1.82, 2.24) is 14.9 Å². The van der Waals surface area contributed by atoms with E-state index in [4.69, 9.17) is 9.47 Å². The van der Waals surface area contributed by atoms with E-state index in [2.05, 4.69) is 28.7 Å². The molecule has 0 radical (unpaired) electrons. The minimum Gasteiger partial charge on any atom is -0.351 e. The lowest BCUT2D eigenvalue weighted by atomic mass is 10.1. The van der Waals surface area contributed by atoms with Gasteiger partial charge in [-0.2, -0.15) is 0 Å². The minimum absolute atomic E-state index is 0.123. The first-order valence-electron chi connectivity index (χ1n) is 7.73. The van der Waals surface area contributed by atoms with Crippen LogP contribution in [0.2, 0.25) is 0 Å². The zero-order valence-electron chi connectivity index (χ0n) is 13.3. The first kappa shape index (κ1) is 17.1. The third kappa shape index (κ3) is 5.23. The molecule has 0 aliphatic carbocycles. The summed E-state index contributed by atoms with van der Waals surface area (Å²) in [4.78, 5) is 4.47. The molecule has 1 aromatic rings. The van der Waals surface area contributed by atoms with Gasteiger partial charge >= 0.3 is 0 Å². The summed E-state index contributed by atoms with van der Waals surface area (Å²) in [7, 11) is 0. The van der Waals surface area contributed by atoms with Crippen LogP contribution in [0.5, 0.6) is 0 Å². The van der Waals surface area contributed by atoms with Crippen molar-refractivity contribution < 1.29 is 9.47 Å². The average molecular weight is 283 g/mol. The Morgan fingerprint density at radius 1 is 1.20 bits per heavy atom. The highest BCUT2D eigenvalue weighted by Crippen LogP contribution is 2.10. The third-order valence-electron chi connectivity index (χ3n) is 3.13. The lowest BCUT2D eigenvalue weighted by molar-refractivity contribution is -0.153. The van der Waals surface area contributed by atoms with Gasteiger partial charge in [-0.1, -0.05) is 13.8 Å². The van der Waals surface area contributed by atoms with E-state index in [1.165, 1.54) is 0 Å². The molecule has 1 rings (SSSR count). The molecule has 0 amide bonds. The van der Waals surface area contributed by atoms with Crippen LogP contribution >= 0.6 is 0 Å².